The number of rotatable bonds is 10. The fourth-order valence-corrected chi connectivity index (χ4v) is 2.18. The van der Waals surface area contributed by atoms with Crippen molar-refractivity contribution >= 4 is 0 Å². The Morgan fingerprint density at radius 1 is 1.26 bits per heavy atom. The van der Waals surface area contributed by atoms with Crippen LogP contribution in [0.5, 0.6) is 0 Å². The van der Waals surface area contributed by atoms with Crippen LogP contribution in [0.1, 0.15) is 32.1 Å². The summed E-state index contributed by atoms with van der Waals surface area (Å²) in [5.41, 5.74) is 0. The third kappa shape index (κ3) is 5.58. The van der Waals surface area contributed by atoms with Crippen molar-refractivity contribution in [3.05, 3.63) is 12.7 Å². The molecule has 0 aromatic rings. The Kier molecular flexibility index (Phi) is 8.25. The second-order valence-corrected chi connectivity index (χ2v) is 4.94. The molecule has 19 heavy (non-hydrogen) atoms. The first-order valence-electron chi connectivity index (χ1n) is 7.01. The van der Waals surface area contributed by atoms with E-state index < -0.39 is 24.4 Å². The minimum absolute atomic E-state index is 0.0905. The van der Waals surface area contributed by atoms with E-state index >= 15 is 0 Å². The molecule has 0 aromatic carbocycles. The van der Waals surface area contributed by atoms with E-state index in [0.29, 0.717) is 6.61 Å². The lowest BCUT2D eigenvalue weighted by molar-refractivity contribution is -0.101. The number of ether oxygens (including phenoxy) is 2. The van der Waals surface area contributed by atoms with Gasteiger partial charge in [0, 0.05) is 6.61 Å². The first kappa shape index (κ1) is 16.6. The summed E-state index contributed by atoms with van der Waals surface area (Å²) in [6.07, 6.45) is 4.15. The Hall–Kier alpha value is -0.460. The maximum absolute atomic E-state index is 9.68. The van der Waals surface area contributed by atoms with Gasteiger partial charge < -0.3 is 24.8 Å². The molecule has 1 fully saturated rings. The van der Waals surface area contributed by atoms with Crippen LogP contribution in [0.2, 0.25) is 0 Å². The van der Waals surface area contributed by atoms with Gasteiger partial charge in [-0.1, -0.05) is 18.9 Å². The summed E-state index contributed by atoms with van der Waals surface area (Å²) in [7, 11) is 0. The maximum Gasteiger partial charge on any atom is 0.114 e. The van der Waals surface area contributed by atoms with Gasteiger partial charge in [0.05, 0.1) is 13.2 Å². The first-order valence-corrected chi connectivity index (χ1v) is 7.01. The van der Waals surface area contributed by atoms with Crippen LogP contribution in [0, 0.1) is 0 Å². The van der Waals surface area contributed by atoms with Gasteiger partial charge >= 0.3 is 0 Å². The predicted molar refractivity (Wildman–Crippen MR) is 71.9 cm³/mol. The van der Waals surface area contributed by atoms with Gasteiger partial charge in [0.15, 0.2) is 0 Å². The van der Waals surface area contributed by atoms with E-state index in [-0.39, 0.29) is 13.2 Å². The molecule has 5 nitrogen and oxygen atoms in total. The summed E-state index contributed by atoms with van der Waals surface area (Å²) >= 11 is 0. The molecule has 1 saturated heterocycles. The second kappa shape index (κ2) is 9.44. The molecule has 0 amide bonds. The molecule has 5 heteroatoms. The van der Waals surface area contributed by atoms with Crippen LogP contribution in [-0.4, -0.2) is 59.6 Å². The third-order valence-corrected chi connectivity index (χ3v) is 3.37. The Bertz CT molecular complexity index is 246. The van der Waals surface area contributed by atoms with Gasteiger partial charge in [-0.05, 0) is 19.3 Å². The molecule has 1 rings (SSSR count). The van der Waals surface area contributed by atoms with Gasteiger partial charge in [-0.15, -0.1) is 6.58 Å². The fourth-order valence-electron chi connectivity index (χ4n) is 2.18. The Balaban J connectivity index is 2.13. The number of hydrogen-bond acceptors (Lipinski definition) is 5. The van der Waals surface area contributed by atoms with E-state index in [9.17, 15) is 15.3 Å². The highest BCUT2D eigenvalue weighted by atomic mass is 16.6. The standard InChI is InChI=1S/C14H26O5/c1-2-3-4-5-6-7-8-18-12(9-15)14-13(17)11(16)10-19-14/h2,11-17H,1,3-10H2/t11-,12+,13+,14+/m0/s1. The largest absolute Gasteiger partial charge is 0.394 e. The molecule has 0 aromatic heterocycles. The second-order valence-electron chi connectivity index (χ2n) is 4.94. The SMILES string of the molecule is C=CCCCCCCO[C@H](CO)[C@H]1OC[C@H](O)[C@H]1O. The average Bonchev–Trinajstić information content (AvgIpc) is 2.74. The van der Waals surface area contributed by atoms with Crippen molar-refractivity contribution in [2.45, 2.75) is 56.5 Å². The monoisotopic (exact) mass is 274 g/mol. The molecular weight excluding hydrogens is 248 g/mol. The lowest BCUT2D eigenvalue weighted by atomic mass is 10.1. The molecule has 0 bridgehead atoms. The molecule has 0 spiro atoms. The molecule has 0 saturated carbocycles. The normalized spacial score (nSPS) is 28.5. The van der Waals surface area contributed by atoms with Gasteiger partial charge in [-0.3, -0.25) is 0 Å². The summed E-state index contributed by atoms with van der Waals surface area (Å²) in [5, 5.41) is 28.3. The molecule has 0 aliphatic carbocycles. The molecule has 0 radical (unpaired) electrons. The summed E-state index contributed by atoms with van der Waals surface area (Å²) in [6, 6.07) is 0. The summed E-state index contributed by atoms with van der Waals surface area (Å²) < 4.78 is 10.8. The Labute approximate surface area is 114 Å². The minimum Gasteiger partial charge on any atom is -0.394 e. The van der Waals surface area contributed by atoms with E-state index in [1.807, 2.05) is 6.08 Å². The van der Waals surface area contributed by atoms with Crippen LogP contribution in [0.25, 0.3) is 0 Å². The van der Waals surface area contributed by atoms with E-state index in [0.717, 1.165) is 32.1 Å². The zero-order valence-electron chi connectivity index (χ0n) is 11.4. The molecular formula is C14H26O5. The zero-order chi connectivity index (χ0) is 14.1. The van der Waals surface area contributed by atoms with Crippen LogP contribution in [0.15, 0.2) is 12.7 Å². The average molecular weight is 274 g/mol. The van der Waals surface area contributed by atoms with Crippen molar-refractivity contribution in [3.63, 3.8) is 0 Å². The minimum atomic E-state index is -0.982. The number of aliphatic hydroxyl groups excluding tert-OH is 3. The lowest BCUT2D eigenvalue weighted by Crippen LogP contribution is -2.42. The number of allylic oxidation sites excluding steroid dienone is 1. The quantitative estimate of drug-likeness (QED) is 0.402. The topological polar surface area (TPSA) is 79.2 Å². The van der Waals surface area contributed by atoms with Crippen LogP contribution < -0.4 is 0 Å². The highest BCUT2D eigenvalue weighted by Crippen LogP contribution is 2.19. The molecule has 4 atom stereocenters. The van der Waals surface area contributed by atoms with Gasteiger partial charge in [0.25, 0.3) is 0 Å². The maximum atomic E-state index is 9.68. The number of hydrogen-bond donors (Lipinski definition) is 3. The summed E-state index contributed by atoms with van der Waals surface area (Å²) in [6.45, 7) is 4.08. The molecule has 1 aliphatic rings. The van der Waals surface area contributed by atoms with E-state index in [1.54, 1.807) is 0 Å². The van der Waals surface area contributed by atoms with Gasteiger partial charge in [0.1, 0.15) is 24.4 Å². The van der Waals surface area contributed by atoms with Crippen molar-refractivity contribution in [2.24, 2.45) is 0 Å². The van der Waals surface area contributed by atoms with Crippen LogP contribution in [0.4, 0.5) is 0 Å². The zero-order valence-corrected chi connectivity index (χ0v) is 11.4. The molecule has 1 aliphatic heterocycles. The van der Waals surface area contributed by atoms with E-state index in [1.165, 1.54) is 0 Å². The van der Waals surface area contributed by atoms with Crippen LogP contribution >= 0.6 is 0 Å². The predicted octanol–water partition coefficient (Wildman–Crippen LogP) is 0.621. The highest BCUT2D eigenvalue weighted by Gasteiger charge is 2.40. The van der Waals surface area contributed by atoms with Crippen molar-refractivity contribution in [2.75, 3.05) is 19.8 Å². The first-order chi connectivity index (χ1) is 9.20. The smallest absolute Gasteiger partial charge is 0.114 e. The summed E-state index contributed by atoms with van der Waals surface area (Å²) in [5.74, 6) is 0. The van der Waals surface area contributed by atoms with Gasteiger partial charge in [-0.2, -0.15) is 0 Å². The van der Waals surface area contributed by atoms with Crippen LogP contribution in [0.3, 0.4) is 0 Å². The van der Waals surface area contributed by atoms with Crippen molar-refractivity contribution in [1.29, 1.82) is 0 Å². The molecule has 112 valence electrons. The van der Waals surface area contributed by atoms with Crippen LogP contribution in [-0.2, 0) is 9.47 Å². The molecule has 3 N–H and O–H groups in total. The number of unbranched alkanes of at least 4 members (excludes halogenated alkanes) is 4. The van der Waals surface area contributed by atoms with Crippen molar-refractivity contribution in [1.82, 2.24) is 0 Å². The van der Waals surface area contributed by atoms with E-state index in [4.69, 9.17) is 9.47 Å². The van der Waals surface area contributed by atoms with Gasteiger partial charge in [-0.25, -0.2) is 0 Å². The van der Waals surface area contributed by atoms with Crippen molar-refractivity contribution < 1.29 is 24.8 Å². The summed E-state index contributed by atoms with van der Waals surface area (Å²) in [4.78, 5) is 0. The van der Waals surface area contributed by atoms with E-state index in [2.05, 4.69) is 6.58 Å². The fraction of sp³-hybridized carbons (Fsp3) is 0.857. The Morgan fingerprint density at radius 3 is 2.58 bits per heavy atom. The van der Waals surface area contributed by atoms with Crippen molar-refractivity contribution in [3.8, 4) is 0 Å². The third-order valence-electron chi connectivity index (χ3n) is 3.37. The van der Waals surface area contributed by atoms with Gasteiger partial charge in [0.2, 0.25) is 0 Å². The molecule has 0 unspecified atom stereocenters. The molecule has 1 heterocycles. The Morgan fingerprint density at radius 2 is 2.00 bits per heavy atom. The lowest BCUT2D eigenvalue weighted by Gasteiger charge is -2.24. The highest BCUT2D eigenvalue weighted by molar-refractivity contribution is 4.88. The number of aliphatic hydroxyl groups is 3.